The van der Waals surface area contributed by atoms with Crippen molar-refractivity contribution in [3.05, 3.63) is 13.8 Å². The molecule has 2 radical (unpaired) electrons. The first kappa shape index (κ1) is 14.0. The molecule has 1 heteroatoms. The van der Waals surface area contributed by atoms with Crippen molar-refractivity contribution in [2.45, 2.75) is 57.8 Å². The molecule has 1 nitrogen and oxygen atoms in total. The van der Waals surface area contributed by atoms with Gasteiger partial charge in [0.15, 0.2) is 0 Å². The van der Waals surface area contributed by atoms with Crippen molar-refractivity contribution in [3.63, 3.8) is 0 Å². The van der Waals surface area contributed by atoms with Gasteiger partial charge in [-0.1, -0.05) is 58.8 Å². The van der Waals surface area contributed by atoms with E-state index < -0.39 is 0 Å². The van der Waals surface area contributed by atoms with Gasteiger partial charge in [-0.3, -0.25) is 0 Å². The molecule has 0 N–H and O–H groups in total. The largest absolute Gasteiger partial charge is 0.381 e. The van der Waals surface area contributed by atoms with Crippen LogP contribution >= 0.6 is 0 Å². The van der Waals surface area contributed by atoms with Crippen LogP contribution < -0.4 is 0 Å². The number of hydrogen-bond acceptors (Lipinski definition) is 1. The topological polar surface area (TPSA) is 9.23 Å². The summed E-state index contributed by atoms with van der Waals surface area (Å²) in [7, 11) is 0. The van der Waals surface area contributed by atoms with Crippen LogP contribution in [0.5, 0.6) is 0 Å². The Kier molecular flexibility index (Phi) is 12.9. The number of hydrogen-bond donors (Lipinski definition) is 0. The normalized spacial score (nSPS) is 10.7. The van der Waals surface area contributed by atoms with Crippen LogP contribution in [0.4, 0.5) is 0 Å². The van der Waals surface area contributed by atoms with Gasteiger partial charge in [0, 0.05) is 13.2 Å². The summed E-state index contributed by atoms with van der Waals surface area (Å²) >= 11 is 0. The van der Waals surface area contributed by atoms with Crippen LogP contribution in [-0.4, -0.2) is 13.2 Å². The SMILES string of the molecule is [CH2]CCCCCCCCOCCC[CH2]. The maximum absolute atomic E-state index is 5.45. The highest BCUT2D eigenvalue weighted by atomic mass is 16.5. The summed E-state index contributed by atoms with van der Waals surface area (Å²) in [6, 6.07) is 0. The zero-order valence-corrected chi connectivity index (χ0v) is 9.60. The van der Waals surface area contributed by atoms with Crippen molar-refractivity contribution in [2.24, 2.45) is 0 Å². The van der Waals surface area contributed by atoms with Crippen LogP contribution in [0.15, 0.2) is 0 Å². The van der Waals surface area contributed by atoms with Crippen molar-refractivity contribution in [3.8, 4) is 0 Å². The zero-order chi connectivity index (χ0) is 10.5. The number of unbranched alkanes of at least 4 members (excludes halogenated alkanes) is 7. The van der Waals surface area contributed by atoms with E-state index in [1.54, 1.807) is 0 Å². The molecule has 0 aromatic heterocycles. The molecule has 84 valence electrons. The minimum Gasteiger partial charge on any atom is -0.381 e. The van der Waals surface area contributed by atoms with E-state index in [4.69, 9.17) is 4.74 Å². The quantitative estimate of drug-likeness (QED) is 0.452. The van der Waals surface area contributed by atoms with Gasteiger partial charge < -0.3 is 4.74 Å². The summed E-state index contributed by atoms with van der Waals surface area (Å²) in [5.74, 6) is 0. The second kappa shape index (κ2) is 13.0. The maximum atomic E-state index is 5.45. The second-order valence-electron chi connectivity index (χ2n) is 3.79. The van der Waals surface area contributed by atoms with E-state index in [1.165, 1.54) is 38.5 Å². The predicted molar refractivity (Wildman–Crippen MR) is 63.1 cm³/mol. The summed E-state index contributed by atoms with van der Waals surface area (Å²) in [6.07, 6.45) is 11.1. The molecule has 0 rings (SSSR count). The van der Waals surface area contributed by atoms with Crippen molar-refractivity contribution < 1.29 is 4.74 Å². The number of ether oxygens (including phenoxy) is 1. The molecule has 0 aromatic rings. The van der Waals surface area contributed by atoms with Crippen LogP contribution in [0.2, 0.25) is 0 Å². The van der Waals surface area contributed by atoms with E-state index in [2.05, 4.69) is 13.8 Å². The van der Waals surface area contributed by atoms with Gasteiger partial charge in [-0.05, 0) is 12.8 Å². The molecule has 0 unspecified atom stereocenters. The lowest BCUT2D eigenvalue weighted by Gasteiger charge is -2.03. The maximum Gasteiger partial charge on any atom is 0.0466 e. The average molecular weight is 198 g/mol. The highest BCUT2D eigenvalue weighted by molar-refractivity contribution is 4.47. The van der Waals surface area contributed by atoms with E-state index in [0.717, 1.165) is 32.5 Å². The van der Waals surface area contributed by atoms with Crippen LogP contribution in [0, 0.1) is 13.8 Å². The first-order chi connectivity index (χ1) is 6.91. The molecule has 0 saturated carbocycles. The fourth-order valence-corrected chi connectivity index (χ4v) is 1.39. The first-order valence-corrected chi connectivity index (χ1v) is 6.08. The van der Waals surface area contributed by atoms with Crippen molar-refractivity contribution in [1.82, 2.24) is 0 Å². The van der Waals surface area contributed by atoms with E-state index >= 15 is 0 Å². The highest BCUT2D eigenvalue weighted by Crippen LogP contribution is 2.06. The first-order valence-electron chi connectivity index (χ1n) is 6.08. The van der Waals surface area contributed by atoms with Crippen molar-refractivity contribution >= 4 is 0 Å². The molecule has 0 spiro atoms. The summed E-state index contributed by atoms with van der Waals surface area (Å²) in [4.78, 5) is 0. The smallest absolute Gasteiger partial charge is 0.0466 e. The van der Waals surface area contributed by atoms with Gasteiger partial charge in [0.2, 0.25) is 0 Å². The minimum absolute atomic E-state index is 0.894. The molecule has 0 amide bonds. The third kappa shape index (κ3) is 12.0. The Morgan fingerprint density at radius 2 is 1.07 bits per heavy atom. The van der Waals surface area contributed by atoms with E-state index in [1.807, 2.05) is 0 Å². The third-order valence-electron chi connectivity index (χ3n) is 2.33. The summed E-state index contributed by atoms with van der Waals surface area (Å²) in [5.41, 5.74) is 0. The van der Waals surface area contributed by atoms with Crippen molar-refractivity contribution in [2.75, 3.05) is 13.2 Å². The van der Waals surface area contributed by atoms with Gasteiger partial charge in [0.05, 0.1) is 0 Å². The van der Waals surface area contributed by atoms with Crippen LogP contribution in [0.25, 0.3) is 0 Å². The molecule has 0 aliphatic heterocycles. The van der Waals surface area contributed by atoms with Crippen LogP contribution in [0.1, 0.15) is 57.8 Å². The van der Waals surface area contributed by atoms with Gasteiger partial charge in [0.25, 0.3) is 0 Å². The van der Waals surface area contributed by atoms with Crippen molar-refractivity contribution in [1.29, 1.82) is 0 Å². The molecule has 0 heterocycles. The van der Waals surface area contributed by atoms with Gasteiger partial charge in [-0.25, -0.2) is 0 Å². The Morgan fingerprint density at radius 1 is 0.571 bits per heavy atom. The van der Waals surface area contributed by atoms with Gasteiger partial charge in [-0.15, -0.1) is 0 Å². The van der Waals surface area contributed by atoms with Gasteiger partial charge in [-0.2, -0.15) is 0 Å². The number of rotatable bonds is 11. The molecular weight excluding hydrogens is 172 g/mol. The predicted octanol–water partition coefficient (Wildman–Crippen LogP) is 4.18. The molecule has 0 fully saturated rings. The van der Waals surface area contributed by atoms with E-state index in [-0.39, 0.29) is 0 Å². The zero-order valence-electron chi connectivity index (χ0n) is 9.60. The molecule has 0 aromatic carbocycles. The average Bonchev–Trinajstić information content (AvgIpc) is 2.21. The molecule has 0 aliphatic carbocycles. The van der Waals surface area contributed by atoms with E-state index in [0.29, 0.717) is 0 Å². The Hall–Kier alpha value is -0.0400. The monoisotopic (exact) mass is 198 g/mol. The van der Waals surface area contributed by atoms with Gasteiger partial charge >= 0.3 is 0 Å². The molecular formula is C13H26O. The molecule has 14 heavy (non-hydrogen) atoms. The molecule has 0 atom stereocenters. The fraction of sp³-hybridized carbons (Fsp3) is 0.846. The summed E-state index contributed by atoms with van der Waals surface area (Å²) in [6.45, 7) is 9.45. The Bertz CT molecular complexity index is 79.2. The molecule has 0 aliphatic rings. The van der Waals surface area contributed by atoms with Crippen LogP contribution in [0.3, 0.4) is 0 Å². The van der Waals surface area contributed by atoms with Gasteiger partial charge in [0.1, 0.15) is 0 Å². The summed E-state index contributed by atoms with van der Waals surface area (Å²) < 4.78 is 5.45. The molecule has 0 saturated heterocycles. The summed E-state index contributed by atoms with van der Waals surface area (Å²) in [5, 5.41) is 0. The Labute approximate surface area is 90.2 Å². The Morgan fingerprint density at radius 3 is 1.71 bits per heavy atom. The third-order valence-corrected chi connectivity index (χ3v) is 2.33. The molecule has 0 bridgehead atoms. The lowest BCUT2D eigenvalue weighted by molar-refractivity contribution is 0.128. The highest BCUT2D eigenvalue weighted by Gasteiger charge is 1.91. The standard InChI is InChI=1S/C13H26O/c1-3-5-7-8-9-10-11-13-14-12-6-4-2/h1-13H2. The van der Waals surface area contributed by atoms with Crippen LogP contribution in [-0.2, 0) is 4.74 Å². The lowest BCUT2D eigenvalue weighted by Crippen LogP contribution is -1.96. The van der Waals surface area contributed by atoms with E-state index in [9.17, 15) is 0 Å². The fourth-order valence-electron chi connectivity index (χ4n) is 1.39. The Balaban J connectivity index is 2.78. The second-order valence-corrected chi connectivity index (χ2v) is 3.79. The lowest BCUT2D eigenvalue weighted by atomic mass is 10.1. The minimum atomic E-state index is 0.894.